The molecule has 5 nitrogen and oxygen atoms in total. The van der Waals surface area contributed by atoms with Crippen LogP contribution in [0.5, 0.6) is 0 Å². The second-order valence-electron chi connectivity index (χ2n) is 5.45. The molecule has 2 atom stereocenters. The maximum absolute atomic E-state index is 12.5. The lowest BCUT2D eigenvalue weighted by atomic mass is 9.80. The van der Waals surface area contributed by atoms with Crippen LogP contribution in [0.1, 0.15) is 23.1 Å². The average molecular weight is 305 g/mol. The Balaban J connectivity index is 2.22. The van der Waals surface area contributed by atoms with Gasteiger partial charge in [-0.2, -0.15) is 4.57 Å². The van der Waals surface area contributed by atoms with Crippen LogP contribution >= 0.6 is 0 Å². The predicted octanol–water partition coefficient (Wildman–Crippen LogP) is 1.43. The fourth-order valence-electron chi connectivity index (χ4n) is 2.99. The van der Waals surface area contributed by atoms with Crippen LogP contribution in [0, 0.1) is 6.92 Å². The number of nitrogens with zero attached hydrogens (tertiary/aromatic N) is 2. The van der Waals surface area contributed by atoms with Crippen molar-refractivity contribution in [1.29, 1.82) is 0 Å². The molecule has 0 bridgehead atoms. The first-order chi connectivity index (χ1) is 11.1. The Hall–Kier alpha value is -3.04. The quantitative estimate of drug-likeness (QED) is 0.394. The highest BCUT2D eigenvalue weighted by molar-refractivity contribution is 6.14. The van der Waals surface area contributed by atoms with E-state index in [9.17, 15) is 15.0 Å². The Morgan fingerprint density at radius 2 is 1.78 bits per heavy atom. The molecule has 3 rings (SSSR count). The molecule has 2 aromatic rings. The molecule has 2 amide bonds. The fourth-order valence-corrected chi connectivity index (χ4v) is 2.99. The van der Waals surface area contributed by atoms with Crippen molar-refractivity contribution in [1.82, 2.24) is 5.32 Å². The molecule has 5 heteroatoms. The number of piperidine rings is 1. The van der Waals surface area contributed by atoms with Gasteiger partial charge in [0.1, 0.15) is 0 Å². The number of hydrogen-bond acceptors (Lipinski definition) is 2. The standard InChI is InChI=1S/C18H15N3O2/c1-12-7-3-4-8-13(12)15-14(11-19)17(22)20-18(23)16(15)21-9-5-2-6-10-21/h2-10,15-16H,1H3,(H,20,22,23)/t15-,16+/m1/s1. The molecule has 1 N–H and O–H groups in total. The highest BCUT2D eigenvalue weighted by Crippen LogP contribution is 2.36. The molecule has 2 heterocycles. The number of aromatic nitrogens is 1. The van der Waals surface area contributed by atoms with Crippen molar-refractivity contribution in [2.75, 3.05) is 0 Å². The number of benzene rings is 1. The topological polar surface area (TPSA) is 72.3 Å². The number of pyridine rings is 1. The molecule has 1 aromatic heterocycles. The summed E-state index contributed by atoms with van der Waals surface area (Å²) in [6.45, 7) is 1.91. The largest absolute Gasteiger partial charge is 0.763 e. The number of carbonyl (C=O) groups excluding carboxylic acids is 2. The number of nitrogens with one attached hydrogen (secondary N) is 1. The first kappa shape index (κ1) is 14.9. The molecular formula is C18H15N3O2. The van der Waals surface area contributed by atoms with Crippen LogP contribution < -0.4 is 9.88 Å². The Bertz CT molecular complexity index is 823. The number of carbonyl (C=O) groups is 2. The van der Waals surface area contributed by atoms with E-state index in [4.69, 9.17) is 0 Å². The summed E-state index contributed by atoms with van der Waals surface area (Å²) in [5.41, 5.74) is 1.81. The van der Waals surface area contributed by atoms with Crippen molar-refractivity contribution < 1.29 is 14.2 Å². The molecule has 1 aliphatic rings. The third kappa shape index (κ3) is 2.58. The molecule has 23 heavy (non-hydrogen) atoms. The van der Waals surface area contributed by atoms with Crippen LogP contribution in [-0.4, -0.2) is 17.7 Å². The summed E-state index contributed by atoms with van der Waals surface area (Å²) in [4.78, 5) is 24.6. The van der Waals surface area contributed by atoms with Gasteiger partial charge in [0.05, 0.1) is 11.5 Å². The van der Waals surface area contributed by atoms with Crippen molar-refractivity contribution in [3.8, 4) is 0 Å². The Kier molecular flexibility index (Phi) is 3.87. The van der Waals surface area contributed by atoms with Gasteiger partial charge in [-0.1, -0.05) is 30.3 Å². The van der Waals surface area contributed by atoms with Crippen molar-refractivity contribution in [2.24, 2.45) is 0 Å². The minimum atomic E-state index is -0.676. The van der Waals surface area contributed by atoms with Gasteiger partial charge in [-0.3, -0.25) is 20.8 Å². The minimum absolute atomic E-state index is 0.0558. The molecule has 0 spiro atoms. The molecule has 0 aliphatic carbocycles. The first-order valence-corrected chi connectivity index (χ1v) is 7.27. The SMILES string of the molecule is Cc1ccccc1[C@@H]1C(=C=[N-])C(=O)NC(=O)[C@H]1[n+]1ccccc1. The second-order valence-corrected chi connectivity index (χ2v) is 5.45. The van der Waals surface area contributed by atoms with E-state index in [1.165, 1.54) is 0 Å². The van der Waals surface area contributed by atoms with Gasteiger partial charge < -0.3 is 5.41 Å². The van der Waals surface area contributed by atoms with Gasteiger partial charge in [0.15, 0.2) is 12.4 Å². The summed E-state index contributed by atoms with van der Waals surface area (Å²) in [5, 5.41) is 11.8. The summed E-state index contributed by atoms with van der Waals surface area (Å²) in [7, 11) is 0. The smallest absolute Gasteiger partial charge is 0.296 e. The number of rotatable bonds is 2. The molecule has 0 saturated carbocycles. The summed E-state index contributed by atoms with van der Waals surface area (Å²) in [6.07, 6.45) is 3.53. The third-order valence-corrected chi connectivity index (χ3v) is 4.08. The van der Waals surface area contributed by atoms with E-state index in [2.05, 4.69) is 5.32 Å². The fraction of sp³-hybridized carbons (Fsp3) is 0.167. The van der Waals surface area contributed by atoms with Crippen LogP contribution in [0.15, 0.2) is 60.4 Å². The van der Waals surface area contributed by atoms with E-state index in [1.54, 1.807) is 17.0 Å². The first-order valence-electron chi connectivity index (χ1n) is 7.27. The molecular weight excluding hydrogens is 290 g/mol. The summed E-state index contributed by atoms with van der Waals surface area (Å²) >= 11 is 0. The molecule has 114 valence electrons. The third-order valence-electron chi connectivity index (χ3n) is 4.08. The van der Waals surface area contributed by atoms with E-state index in [0.29, 0.717) is 0 Å². The summed E-state index contributed by atoms with van der Waals surface area (Å²) < 4.78 is 1.73. The molecule has 0 unspecified atom stereocenters. The van der Waals surface area contributed by atoms with Gasteiger partial charge in [-0.15, -0.1) is 0 Å². The van der Waals surface area contributed by atoms with Crippen LogP contribution in [0.2, 0.25) is 0 Å². The monoisotopic (exact) mass is 305 g/mol. The van der Waals surface area contributed by atoms with E-state index in [0.717, 1.165) is 11.1 Å². The predicted molar refractivity (Wildman–Crippen MR) is 84.6 cm³/mol. The highest BCUT2D eigenvalue weighted by atomic mass is 16.2. The van der Waals surface area contributed by atoms with Crippen LogP contribution in [0.4, 0.5) is 0 Å². The lowest BCUT2D eigenvalue weighted by Crippen LogP contribution is -2.57. The van der Waals surface area contributed by atoms with E-state index in [-0.39, 0.29) is 5.57 Å². The average Bonchev–Trinajstić information content (AvgIpc) is 2.55. The van der Waals surface area contributed by atoms with Crippen LogP contribution in [-0.2, 0) is 9.59 Å². The number of amides is 2. The normalized spacial score (nSPS) is 20.8. The molecule has 1 aliphatic heterocycles. The van der Waals surface area contributed by atoms with Crippen molar-refractivity contribution in [3.63, 3.8) is 0 Å². The van der Waals surface area contributed by atoms with Gasteiger partial charge in [0.25, 0.3) is 11.8 Å². The van der Waals surface area contributed by atoms with Crippen molar-refractivity contribution in [2.45, 2.75) is 18.9 Å². The maximum atomic E-state index is 12.5. The maximum Gasteiger partial charge on any atom is 0.296 e. The summed E-state index contributed by atoms with van der Waals surface area (Å²) in [6, 6.07) is 12.3. The van der Waals surface area contributed by atoms with Crippen LogP contribution in [0.25, 0.3) is 5.41 Å². The second kappa shape index (κ2) is 5.99. The van der Waals surface area contributed by atoms with Crippen molar-refractivity contribution in [3.05, 3.63) is 77.0 Å². The highest BCUT2D eigenvalue weighted by Gasteiger charge is 2.46. The van der Waals surface area contributed by atoms with Gasteiger partial charge in [-0.25, -0.2) is 0 Å². The summed E-state index contributed by atoms with van der Waals surface area (Å²) in [5.74, 6) is 0.370. The van der Waals surface area contributed by atoms with Gasteiger partial charge in [-0.05, 0) is 18.1 Å². The van der Waals surface area contributed by atoms with Crippen LogP contribution in [0.3, 0.4) is 0 Å². The Morgan fingerprint density at radius 3 is 2.43 bits per heavy atom. The number of aryl methyl sites for hydroxylation is 1. The number of imide groups is 1. The molecule has 0 radical (unpaired) electrons. The zero-order chi connectivity index (χ0) is 16.4. The zero-order valence-electron chi connectivity index (χ0n) is 12.6. The van der Waals surface area contributed by atoms with Gasteiger partial charge in [0, 0.05) is 12.1 Å². The van der Waals surface area contributed by atoms with E-state index < -0.39 is 23.8 Å². The lowest BCUT2D eigenvalue weighted by Gasteiger charge is -2.29. The Morgan fingerprint density at radius 1 is 1.09 bits per heavy atom. The Labute approximate surface area is 133 Å². The molecule has 1 fully saturated rings. The van der Waals surface area contributed by atoms with E-state index >= 15 is 0 Å². The minimum Gasteiger partial charge on any atom is -0.763 e. The lowest BCUT2D eigenvalue weighted by molar-refractivity contribution is -0.711. The zero-order valence-corrected chi connectivity index (χ0v) is 12.6. The number of hydrogen-bond donors (Lipinski definition) is 1. The van der Waals surface area contributed by atoms with Crippen molar-refractivity contribution >= 4 is 17.7 Å². The van der Waals surface area contributed by atoms with Gasteiger partial charge in [0.2, 0.25) is 6.04 Å². The molecule has 1 aromatic carbocycles. The van der Waals surface area contributed by atoms with Gasteiger partial charge >= 0.3 is 0 Å². The van der Waals surface area contributed by atoms with E-state index in [1.807, 2.05) is 55.3 Å². The molecule has 1 saturated heterocycles.